The predicted octanol–water partition coefficient (Wildman–Crippen LogP) is 2.01. The molecule has 0 spiro atoms. The van der Waals surface area contributed by atoms with Crippen LogP contribution in [0.2, 0.25) is 0 Å². The van der Waals surface area contributed by atoms with Crippen LogP contribution >= 0.6 is 0 Å². The number of aryl methyl sites for hydroxylation is 1. The Labute approximate surface area is 153 Å². The summed E-state index contributed by atoms with van der Waals surface area (Å²) in [6, 6.07) is 3.76. The monoisotopic (exact) mass is 355 g/mol. The highest BCUT2D eigenvalue weighted by Gasteiger charge is 2.20. The third-order valence-electron chi connectivity index (χ3n) is 4.42. The van der Waals surface area contributed by atoms with E-state index in [2.05, 4.69) is 20.3 Å². The van der Waals surface area contributed by atoms with Crippen molar-refractivity contribution in [1.29, 1.82) is 0 Å². The van der Waals surface area contributed by atoms with E-state index >= 15 is 0 Å². The van der Waals surface area contributed by atoms with Crippen molar-refractivity contribution < 1.29 is 9.53 Å². The van der Waals surface area contributed by atoms with Crippen LogP contribution in [0.15, 0.2) is 24.5 Å². The van der Waals surface area contributed by atoms with Crippen LogP contribution in [0.4, 0.5) is 5.82 Å². The number of ether oxygens (including phenoxy) is 1. The van der Waals surface area contributed by atoms with Crippen LogP contribution < -0.4 is 10.1 Å². The highest BCUT2D eigenvalue weighted by molar-refractivity contribution is 5.73. The maximum absolute atomic E-state index is 11.7. The van der Waals surface area contributed by atoms with E-state index in [1.807, 2.05) is 24.0 Å². The number of anilines is 1. The zero-order valence-electron chi connectivity index (χ0n) is 15.4. The summed E-state index contributed by atoms with van der Waals surface area (Å²) in [5.74, 6) is 2.54. The number of rotatable bonds is 6. The van der Waals surface area contributed by atoms with Gasteiger partial charge in [0.2, 0.25) is 5.91 Å². The summed E-state index contributed by atoms with van der Waals surface area (Å²) in [6.07, 6.45) is 5.85. The van der Waals surface area contributed by atoms with E-state index in [1.54, 1.807) is 19.3 Å². The first-order chi connectivity index (χ1) is 12.6. The molecule has 26 heavy (non-hydrogen) atoms. The van der Waals surface area contributed by atoms with Gasteiger partial charge in [0.25, 0.3) is 0 Å². The molecule has 0 unspecified atom stereocenters. The molecule has 0 fully saturated rings. The number of hydrogen-bond acceptors (Lipinski definition) is 6. The van der Waals surface area contributed by atoms with E-state index in [4.69, 9.17) is 4.74 Å². The van der Waals surface area contributed by atoms with Gasteiger partial charge in [0, 0.05) is 44.7 Å². The minimum Gasteiger partial charge on any atom is -0.492 e. The Kier molecular flexibility index (Phi) is 5.99. The average molecular weight is 355 g/mol. The molecule has 1 aliphatic heterocycles. The number of nitrogens with one attached hydrogen (secondary N) is 1. The second kappa shape index (κ2) is 8.60. The minimum atomic E-state index is 0.115. The molecule has 2 aromatic rings. The Morgan fingerprint density at radius 2 is 2.15 bits per heavy atom. The van der Waals surface area contributed by atoms with Gasteiger partial charge in [0.1, 0.15) is 17.4 Å². The lowest BCUT2D eigenvalue weighted by atomic mass is 10.1. The SMILES string of the molecule is CC(=O)N1CCc2nc(C)nc(NCCCOc3cccnc3)c2CC1. The lowest BCUT2D eigenvalue weighted by Crippen LogP contribution is -2.31. The minimum absolute atomic E-state index is 0.115. The van der Waals surface area contributed by atoms with Crippen molar-refractivity contribution in [2.24, 2.45) is 0 Å². The molecule has 0 aliphatic carbocycles. The van der Waals surface area contributed by atoms with Crippen molar-refractivity contribution in [1.82, 2.24) is 19.9 Å². The molecule has 7 heteroatoms. The standard InChI is InChI=1S/C19H25N5O2/c1-14-22-18-7-11-24(15(2)25)10-6-17(18)19(23-14)21-9-4-12-26-16-5-3-8-20-13-16/h3,5,8,13H,4,6-7,9-12H2,1-2H3,(H,21,22,23). The largest absolute Gasteiger partial charge is 0.492 e. The smallest absolute Gasteiger partial charge is 0.219 e. The molecule has 0 saturated heterocycles. The number of carbonyl (C=O) groups is 1. The summed E-state index contributed by atoms with van der Waals surface area (Å²) in [4.78, 5) is 26.7. The van der Waals surface area contributed by atoms with E-state index in [0.29, 0.717) is 13.2 Å². The van der Waals surface area contributed by atoms with Crippen LogP contribution in [0.1, 0.15) is 30.4 Å². The summed E-state index contributed by atoms with van der Waals surface area (Å²) < 4.78 is 5.66. The fourth-order valence-electron chi connectivity index (χ4n) is 3.09. The van der Waals surface area contributed by atoms with Crippen molar-refractivity contribution in [2.45, 2.75) is 33.1 Å². The Balaban J connectivity index is 1.57. The van der Waals surface area contributed by atoms with Crippen LogP contribution in [-0.4, -0.2) is 52.0 Å². The van der Waals surface area contributed by atoms with Crippen LogP contribution in [0, 0.1) is 6.92 Å². The molecular formula is C19H25N5O2. The van der Waals surface area contributed by atoms with Gasteiger partial charge >= 0.3 is 0 Å². The van der Waals surface area contributed by atoms with Crippen LogP contribution in [0.25, 0.3) is 0 Å². The lowest BCUT2D eigenvalue weighted by Gasteiger charge is -2.17. The van der Waals surface area contributed by atoms with Gasteiger partial charge < -0.3 is 15.0 Å². The maximum atomic E-state index is 11.7. The maximum Gasteiger partial charge on any atom is 0.219 e. The summed E-state index contributed by atoms with van der Waals surface area (Å²) in [5.41, 5.74) is 2.18. The predicted molar refractivity (Wildman–Crippen MR) is 99.3 cm³/mol. The zero-order valence-corrected chi connectivity index (χ0v) is 15.4. The summed E-state index contributed by atoms with van der Waals surface area (Å²) in [7, 11) is 0. The summed E-state index contributed by atoms with van der Waals surface area (Å²) >= 11 is 0. The molecule has 3 heterocycles. The van der Waals surface area contributed by atoms with E-state index in [0.717, 1.165) is 61.0 Å². The fraction of sp³-hybridized carbons (Fsp3) is 0.474. The Hall–Kier alpha value is -2.70. The van der Waals surface area contributed by atoms with Crippen molar-refractivity contribution in [2.75, 3.05) is 31.6 Å². The topological polar surface area (TPSA) is 80.2 Å². The van der Waals surface area contributed by atoms with Crippen molar-refractivity contribution in [3.05, 3.63) is 41.6 Å². The normalized spacial score (nSPS) is 13.7. The van der Waals surface area contributed by atoms with E-state index in [1.165, 1.54) is 0 Å². The lowest BCUT2D eigenvalue weighted by molar-refractivity contribution is -0.128. The molecule has 0 bridgehead atoms. The highest BCUT2D eigenvalue weighted by atomic mass is 16.5. The first-order valence-electron chi connectivity index (χ1n) is 9.02. The second-order valence-corrected chi connectivity index (χ2v) is 6.37. The Morgan fingerprint density at radius 1 is 1.31 bits per heavy atom. The average Bonchev–Trinajstić information content (AvgIpc) is 2.85. The van der Waals surface area contributed by atoms with Gasteiger partial charge in [-0.15, -0.1) is 0 Å². The third kappa shape index (κ3) is 4.68. The van der Waals surface area contributed by atoms with E-state index in [9.17, 15) is 4.79 Å². The molecule has 1 aliphatic rings. The van der Waals surface area contributed by atoms with Gasteiger partial charge in [0.15, 0.2) is 0 Å². The van der Waals surface area contributed by atoms with Gasteiger partial charge in [-0.1, -0.05) is 0 Å². The van der Waals surface area contributed by atoms with Gasteiger partial charge in [-0.05, 0) is 31.9 Å². The molecule has 1 N–H and O–H groups in total. The molecule has 0 atom stereocenters. The second-order valence-electron chi connectivity index (χ2n) is 6.37. The number of carbonyl (C=O) groups excluding carboxylic acids is 1. The molecular weight excluding hydrogens is 330 g/mol. The molecule has 3 rings (SSSR count). The van der Waals surface area contributed by atoms with Gasteiger partial charge in [-0.3, -0.25) is 9.78 Å². The van der Waals surface area contributed by atoms with Crippen LogP contribution in [0.3, 0.4) is 0 Å². The Bertz CT molecular complexity index is 751. The zero-order chi connectivity index (χ0) is 18.4. The highest BCUT2D eigenvalue weighted by Crippen LogP contribution is 2.21. The summed E-state index contributed by atoms with van der Waals surface area (Å²) in [5, 5.41) is 3.42. The molecule has 0 saturated carbocycles. The van der Waals surface area contributed by atoms with Crippen molar-refractivity contribution in [3.63, 3.8) is 0 Å². The fourth-order valence-corrected chi connectivity index (χ4v) is 3.09. The quantitative estimate of drug-likeness (QED) is 0.799. The molecule has 2 aromatic heterocycles. The molecule has 0 aromatic carbocycles. The number of aromatic nitrogens is 3. The van der Waals surface area contributed by atoms with Crippen molar-refractivity contribution >= 4 is 11.7 Å². The summed E-state index contributed by atoms with van der Waals surface area (Å²) in [6.45, 7) is 6.34. The number of fused-ring (bicyclic) bond motifs is 1. The number of pyridine rings is 1. The number of hydrogen-bond donors (Lipinski definition) is 1. The third-order valence-corrected chi connectivity index (χ3v) is 4.42. The van der Waals surface area contributed by atoms with Gasteiger partial charge in [0.05, 0.1) is 18.5 Å². The molecule has 0 radical (unpaired) electrons. The first-order valence-corrected chi connectivity index (χ1v) is 9.02. The van der Waals surface area contributed by atoms with Crippen LogP contribution in [0.5, 0.6) is 5.75 Å². The first kappa shape index (κ1) is 18.1. The molecule has 1 amide bonds. The van der Waals surface area contributed by atoms with Gasteiger partial charge in [-0.2, -0.15) is 0 Å². The van der Waals surface area contributed by atoms with Crippen LogP contribution in [-0.2, 0) is 17.6 Å². The van der Waals surface area contributed by atoms with E-state index < -0.39 is 0 Å². The van der Waals surface area contributed by atoms with E-state index in [-0.39, 0.29) is 5.91 Å². The molecule has 7 nitrogen and oxygen atoms in total. The Morgan fingerprint density at radius 3 is 2.92 bits per heavy atom. The van der Waals surface area contributed by atoms with Gasteiger partial charge in [-0.25, -0.2) is 9.97 Å². The van der Waals surface area contributed by atoms with Crippen molar-refractivity contribution in [3.8, 4) is 5.75 Å². The molecule has 138 valence electrons. The number of nitrogens with zero attached hydrogens (tertiary/aromatic N) is 4. The number of amides is 1.